The van der Waals surface area contributed by atoms with E-state index in [1.165, 1.54) is 0 Å². The van der Waals surface area contributed by atoms with E-state index >= 15 is 0 Å². The van der Waals surface area contributed by atoms with Crippen molar-refractivity contribution in [3.8, 4) is 0 Å². The molecule has 7 heteroatoms. The van der Waals surface area contributed by atoms with Gasteiger partial charge in [0.25, 0.3) is 0 Å². The number of morpholine rings is 1. The van der Waals surface area contributed by atoms with Crippen molar-refractivity contribution in [3.05, 3.63) is 30.1 Å². The second-order valence-corrected chi connectivity index (χ2v) is 4.91. The van der Waals surface area contributed by atoms with Crippen molar-refractivity contribution in [1.82, 2.24) is 14.7 Å². The summed E-state index contributed by atoms with van der Waals surface area (Å²) >= 11 is 0. The molecule has 1 aliphatic rings. The standard InChI is InChI=1S/C14H19N5O2/c1-16-14(20)11-9-21-7-6-19(11)13-10(8-15)18-5-3-2-4-12(18)17-13/h2-5,11H,6-9,15H2,1H3,(H,16,20). The quantitative estimate of drug-likeness (QED) is 0.813. The van der Waals surface area contributed by atoms with Gasteiger partial charge >= 0.3 is 0 Å². The smallest absolute Gasteiger partial charge is 0.244 e. The summed E-state index contributed by atoms with van der Waals surface area (Å²) in [5.74, 6) is 0.690. The molecule has 1 aliphatic heterocycles. The molecule has 0 saturated carbocycles. The first-order chi connectivity index (χ1) is 10.3. The highest BCUT2D eigenvalue weighted by Gasteiger charge is 2.32. The van der Waals surface area contributed by atoms with Crippen molar-refractivity contribution in [2.45, 2.75) is 12.6 Å². The van der Waals surface area contributed by atoms with Crippen LogP contribution in [0.3, 0.4) is 0 Å². The van der Waals surface area contributed by atoms with E-state index in [1.54, 1.807) is 7.05 Å². The highest BCUT2D eigenvalue weighted by molar-refractivity contribution is 5.85. The van der Waals surface area contributed by atoms with E-state index in [9.17, 15) is 4.79 Å². The molecule has 0 spiro atoms. The molecular formula is C14H19N5O2. The van der Waals surface area contributed by atoms with Crippen molar-refractivity contribution < 1.29 is 9.53 Å². The average molecular weight is 289 g/mol. The van der Waals surface area contributed by atoms with Crippen molar-refractivity contribution in [3.63, 3.8) is 0 Å². The van der Waals surface area contributed by atoms with Gasteiger partial charge in [-0.25, -0.2) is 4.98 Å². The van der Waals surface area contributed by atoms with Crippen LogP contribution >= 0.6 is 0 Å². The van der Waals surface area contributed by atoms with Crippen molar-refractivity contribution in [1.29, 1.82) is 0 Å². The van der Waals surface area contributed by atoms with Gasteiger partial charge < -0.3 is 25.1 Å². The number of anilines is 1. The van der Waals surface area contributed by atoms with Gasteiger partial charge in [-0.05, 0) is 12.1 Å². The second-order valence-electron chi connectivity index (χ2n) is 4.91. The molecule has 7 nitrogen and oxygen atoms in total. The van der Waals surface area contributed by atoms with E-state index in [-0.39, 0.29) is 11.9 Å². The molecule has 1 saturated heterocycles. The van der Waals surface area contributed by atoms with Gasteiger partial charge in [0.15, 0.2) is 5.82 Å². The maximum Gasteiger partial charge on any atom is 0.244 e. The fourth-order valence-corrected chi connectivity index (χ4v) is 2.69. The summed E-state index contributed by atoms with van der Waals surface area (Å²) in [5.41, 5.74) is 7.64. The minimum absolute atomic E-state index is 0.0743. The molecule has 112 valence electrons. The topological polar surface area (TPSA) is 84.9 Å². The van der Waals surface area contributed by atoms with Crippen molar-refractivity contribution in [2.24, 2.45) is 5.73 Å². The number of carbonyl (C=O) groups excluding carboxylic acids is 1. The molecule has 0 radical (unpaired) electrons. The van der Waals surface area contributed by atoms with Gasteiger partial charge in [-0.15, -0.1) is 0 Å². The second kappa shape index (κ2) is 5.71. The normalized spacial score (nSPS) is 19.0. The summed E-state index contributed by atoms with van der Waals surface area (Å²) < 4.78 is 7.40. The number of pyridine rings is 1. The zero-order valence-electron chi connectivity index (χ0n) is 12.0. The number of fused-ring (bicyclic) bond motifs is 1. The summed E-state index contributed by atoms with van der Waals surface area (Å²) in [4.78, 5) is 18.7. The maximum absolute atomic E-state index is 12.1. The number of nitrogens with one attached hydrogen (secondary N) is 1. The number of carbonyl (C=O) groups is 1. The number of likely N-dealkylation sites (N-methyl/N-ethyl adjacent to an activating group) is 1. The van der Waals surface area contributed by atoms with Crippen LogP contribution in [0.25, 0.3) is 5.65 Å². The average Bonchev–Trinajstić information content (AvgIpc) is 2.92. The number of imidazole rings is 1. The van der Waals surface area contributed by atoms with Crippen LogP contribution in [0.5, 0.6) is 0 Å². The minimum Gasteiger partial charge on any atom is -0.377 e. The zero-order valence-corrected chi connectivity index (χ0v) is 12.0. The largest absolute Gasteiger partial charge is 0.377 e. The van der Waals surface area contributed by atoms with E-state index in [1.807, 2.05) is 33.7 Å². The number of ether oxygens (including phenoxy) is 1. The molecule has 1 unspecified atom stereocenters. The number of nitrogens with zero attached hydrogens (tertiary/aromatic N) is 3. The molecule has 3 heterocycles. The van der Waals surface area contributed by atoms with Crippen LogP contribution in [0.2, 0.25) is 0 Å². The third kappa shape index (κ3) is 2.34. The molecule has 1 fully saturated rings. The summed E-state index contributed by atoms with van der Waals surface area (Å²) in [7, 11) is 1.63. The van der Waals surface area contributed by atoms with E-state index in [2.05, 4.69) is 10.3 Å². The Morgan fingerprint density at radius 2 is 2.43 bits per heavy atom. The lowest BCUT2D eigenvalue weighted by Gasteiger charge is -2.35. The third-order valence-electron chi connectivity index (χ3n) is 3.75. The van der Waals surface area contributed by atoms with Gasteiger partial charge in [-0.3, -0.25) is 4.79 Å². The van der Waals surface area contributed by atoms with Crippen LogP contribution in [0.1, 0.15) is 5.69 Å². The van der Waals surface area contributed by atoms with Crippen LogP contribution in [-0.2, 0) is 16.1 Å². The number of hydrogen-bond donors (Lipinski definition) is 2. The minimum atomic E-state index is -0.376. The Morgan fingerprint density at radius 1 is 1.57 bits per heavy atom. The van der Waals surface area contributed by atoms with Crippen LogP contribution in [0.15, 0.2) is 24.4 Å². The van der Waals surface area contributed by atoms with E-state index in [0.29, 0.717) is 26.3 Å². The lowest BCUT2D eigenvalue weighted by Crippen LogP contribution is -2.53. The molecule has 0 bridgehead atoms. The number of aromatic nitrogens is 2. The molecule has 3 rings (SSSR count). The number of hydrogen-bond acceptors (Lipinski definition) is 5. The fourth-order valence-electron chi connectivity index (χ4n) is 2.69. The molecule has 1 atom stereocenters. The molecule has 21 heavy (non-hydrogen) atoms. The summed E-state index contributed by atoms with van der Waals surface area (Å²) in [5, 5.41) is 2.68. The van der Waals surface area contributed by atoms with Crippen molar-refractivity contribution >= 4 is 17.4 Å². The van der Waals surface area contributed by atoms with E-state index in [4.69, 9.17) is 10.5 Å². The van der Waals surface area contributed by atoms with Crippen LogP contribution < -0.4 is 16.0 Å². The van der Waals surface area contributed by atoms with Gasteiger partial charge in [0, 0.05) is 26.3 Å². The molecule has 3 N–H and O–H groups in total. The SMILES string of the molecule is CNC(=O)C1COCCN1c1nc2ccccn2c1CN. The number of nitrogens with two attached hydrogens (primary N) is 1. The number of rotatable bonds is 3. The van der Waals surface area contributed by atoms with E-state index in [0.717, 1.165) is 17.2 Å². The molecule has 2 aromatic rings. The highest BCUT2D eigenvalue weighted by atomic mass is 16.5. The van der Waals surface area contributed by atoms with E-state index < -0.39 is 0 Å². The fraction of sp³-hybridized carbons (Fsp3) is 0.429. The zero-order chi connectivity index (χ0) is 14.8. The maximum atomic E-state index is 12.1. The molecule has 0 aromatic carbocycles. The Labute approximate surface area is 122 Å². The Hall–Kier alpha value is -2.12. The first-order valence-electron chi connectivity index (χ1n) is 6.98. The van der Waals surface area contributed by atoms with Crippen molar-refractivity contribution in [2.75, 3.05) is 31.7 Å². The van der Waals surface area contributed by atoms with Crippen LogP contribution in [0, 0.1) is 0 Å². The Bertz CT molecular complexity index is 654. The Balaban J connectivity index is 2.06. The highest BCUT2D eigenvalue weighted by Crippen LogP contribution is 2.25. The van der Waals surface area contributed by atoms with Gasteiger partial charge in [-0.2, -0.15) is 0 Å². The van der Waals surface area contributed by atoms with Gasteiger partial charge in [-0.1, -0.05) is 6.07 Å². The Kier molecular flexibility index (Phi) is 3.76. The van der Waals surface area contributed by atoms with Crippen LogP contribution in [-0.4, -0.2) is 48.1 Å². The van der Waals surface area contributed by atoms with Gasteiger partial charge in [0.2, 0.25) is 5.91 Å². The summed E-state index contributed by atoms with van der Waals surface area (Å²) in [6.45, 7) is 1.91. The lowest BCUT2D eigenvalue weighted by atomic mass is 10.2. The lowest BCUT2D eigenvalue weighted by molar-refractivity contribution is -0.124. The predicted molar refractivity (Wildman–Crippen MR) is 79.1 cm³/mol. The molecule has 0 aliphatic carbocycles. The predicted octanol–water partition coefficient (Wildman–Crippen LogP) is -0.256. The first-order valence-corrected chi connectivity index (χ1v) is 6.98. The first kappa shape index (κ1) is 13.8. The Morgan fingerprint density at radius 3 is 3.19 bits per heavy atom. The molecule has 2 aromatic heterocycles. The monoisotopic (exact) mass is 289 g/mol. The summed E-state index contributed by atoms with van der Waals surface area (Å²) in [6.07, 6.45) is 1.93. The number of amides is 1. The molecular weight excluding hydrogens is 270 g/mol. The summed E-state index contributed by atoms with van der Waals surface area (Å²) in [6, 6.07) is 5.42. The van der Waals surface area contributed by atoms with Gasteiger partial charge in [0.05, 0.1) is 18.9 Å². The molecule has 1 amide bonds. The van der Waals surface area contributed by atoms with Crippen LogP contribution in [0.4, 0.5) is 5.82 Å². The van der Waals surface area contributed by atoms with Gasteiger partial charge in [0.1, 0.15) is 11.7 Å². The third-order valence-corrected chi connectivity index (χ3v) is 3.75.